The quantitative estimate of drug-likeness (QED) is 0.177. The lowest BCUT2D eigenvalue weighted by molar-refractivity contribution is 0.421. The van der Waals surface area contributed by atoms with Gasteiger partial charge in [-0.25, -0.2) is 0 Å². The van der Waals surface area contributed by atoms with Crippen LogP contribution in [0.2, 0.25) is 0 Å². The first-order chi connectivity index (χ1) is 32.2. The first-order valence-corrected chi connectivity index (χ1v) is 22.8. The zero-order chi connectivity index (χ0) is 44.6. The predicted molar refractivity (Wildman–Crippen MR) is 267 cm³/mol. The first-order valence-electron chi connectivity index (χ1n) is 22.8. The van der Waals surface area contributed by atoms with Crippen molar-refractivity contribution in [3.63, 3.8) is 0 Å². The number of nitriles is 2. The highest BCUT2D eigenvalue weighted by Gasteiger charge is 2.45. The lowest BCUT2D eigenvalue weighted by Gasteiger charge is -2.29. The number of hydrogen-bond donors (Lipinski definition) is 0. The molecular weight excluding hydrogens is 803 g/mol. The van der Waals surface area contributed by atoms with Crippen molar-refractivity contribution in [2.75, 3.05) is 0 Å². The Hall–Kier alpha value is -8.25. The molecule has 2 unspecified atom stereocenters. The van der Waals surface area contributed by atoms with Gasteiger partial charge in [-0.2, -0.15) is 10.5 Å². The van der Waals surface area contributed by atoms with Gasteiger partial charge in [0, 0.05) is 55.6 Å². The lowest BCUT2D eigenvalue weighted by atomic mass is 9.74. The van der Waals surface area contributed by atoms with Gasteiger partial charge in [0.15, 0.2) is 0 Å². The van der Waals surface area contributed by atoms with Crippen LogP contribution >= 0.6 is 0 Å². The fraction of sp³-hybridized carbons (Fsp3) is 0.131. The molecule has 0 saturated heterocycles. The largest absolute Gasteiger partial charge is 0.309 e. The monoisotopic (exact) mass is 845 g/mol. The Balaban J connectivity index is 1.17. The van der Waals surface area contributed by atoms with Gasteiger partial charge in [0.1, 0.15) is 0 Å². The molecular formula is C61H43N5. The number of rotatable bonds is 4. The van der Waals surface area contributed by atoms with E-state index in [0.717, 1.165) is 66.4 Å². The summed E-state index contributed by atoms with van der Waals surface area (Å²) in [5.74, 6) is 0.480. The summed E-state index contributed by atoms with van der Waals surface area (Å²) in [5.41, 5.74) is 16.9. The predicted octanol–water partition coefficient (Wildman–Crippen LogP) is 12.8. The Kier molecular flexibility index (Phi) is 7.90. The number of para-hydroxylation sites is 2. The summed E-state index contributed by atoms with van der Waals surface area (Å²) in [6.45, 7) is 9.41. The van der Waals surface area contributed by atoms with Crippen molar-refractivity contribution in [3.8, 4) is 57.0 Å². The maximum absolute atomic E-state index is 10.9. The molecule has 0 fully saturated rings. The molecule has 312 valence electrons. The normalized spacial score (nSPS) is 16.9. The topological polar surface area (TPSA) is 70.3 Å². The van der Waals surface area contributed by atoms with E-state index in [9.17, 15) is 10.5 Å². The fourth-order valence-electron chi connectivity index (χ4n) is 12.2. The van der Waals surface area contributed by atoms with Crippen LogP contribution in [0.5, 0.6) is 0 Å². The molecule has 0 amide bonds. The van der Waals surface area contributed by atoms with Crippen molar-refractivity contribution in [2.24, 2.45) is 5.92 Å². The molecule has 0 saturated carbocycles. The van der Waals surface area contributed by atoms with Crippen LogP contribution in [0.15, 0.2) is 164 Å². The summed E-state index contributed by atoms with van der Waals surface area (Å²) in [4.78, 5) is 4.97. The van der Waals surface area contributed by atoms with E-state index in [1.807, 2.05) is 48.7 Å². The average molecular weight is 846 g/mol. The number of benzene rings is 7. The van der Waals surface area contributed by atoms with Crippen molar-refractivity contribution in [1.29, 1.82) is 10.5 Å². The molecule has 3 aromatic heterocycles. The van der Waals surface area contributed by atoms with Gasteiger partial charge in [-0.3, -0.25) is 4.98 Å². The van der Waals surface area contributed by atoms with Crippen LogP contribution in [0.4, 0.5) is 0 Å². The number of aromatic nitrogens is 3. The van der Waals surface area contributed by atoms with Crippen molar-refractivity contribution in [1.82, 2.24) is 14.1 Å². The second-order valence-electron chi connectivity index (χ2n) is 19.4. The summed E-state index contributed by atoms with van der Waals surface area (Å²) in [6, 6.07) is 60.9. The van der Waals surface area contributed by atoms with Crippen molar-refractivity contribution in [3.05, 3.63) is 208 Å². The van der Waals surface area contributed by atoms with Crippen LogP contribution in [-0.4, -0.2) is 14.1 Å². The van der Waals surface area contributed by atoms with E-state index in [1.54, 1.807) is 0 Å². The van der Waals surface area contributed by atoms with Crippen molar-refractivity contribution >= 4 is 44.9 Å². The first kappa shape index (κ1) is 38.2. The maximum Gasteiger partial charge on any atom is 0.0992 e. The van der Waals surface area contributed by atoms with Gasteiger partial charge in [-0.05, 0) is 111 Å². The van der Waals surface area contributed by atoms with Gasteiger partial charge in [-0.1, -0.05) is 131 Å². The molecule has 0 bridgehead atoms. The van der Waals surface area contributed by atoms with Crippen LogP contribution in [0.1, 0.15) is 67.0 Å². The SMILES string of the molecule is CC1(C)c2ccccc2-c2cc3c4ccccc4n(-c4c(-c5ccccn5)cc(C#N)cc4-c4cc(C#N)ccc4-n4c5c(c6ccccc64)=CC4c6ccccc6C(C)(C)C4C=5)c3cc21. The second-order valence-corrected chi connectivity index (χ2v) is 19.4. The maximum atomic E-state index is 10.9. The summed E-state index contributed by atoms with van der Waals surface area (Å²) < 4.78 is 4.81. The van der Waals surface area contributed by atoms with E-state index in [2.05, 4.69) is 176 Å². The van der Waals surface area contributed by atoms with E-state index in [4.69, 9.17) is 4.98 Å². The summed E-state index contributed by atoms with van der Waals surface area (Å²) >= 11 is 0. The van der Waals surface area contributed by atoms with Gasteiger partial charge >= 0.3 is 0 Å². The number of pyridine rings is 1. The van der Waals surface area contributed by atoms with Crippen molar-refractivity contribution in [2.45, 2.75) is 44.4 Å². The third-order valence-corrected chi connectivity index (χ3v) is 15.3. The Morgan fingerprint density at radius 2 is 1.20 bits per heavy atom. The molecule has 3 heterocycles. The van der Waals surface area contributed by atoms with Crippen molar-refractivity contribution < 1.29 is 0 Å². The van der Waals surface area contributed by atoms with E-state index >= 15 is 0 Å². The molecule has 0 radical (unpaired) electrons. The minimum Gasteiger partial charge on any atom is -0.309 e. The zero-order valence-corrected chi connectivity index (χ0v) is 37.1. The summed E-state index contributed by atoms with van der Waals surface area (Å²) in [5, 5.41) is 27.4. The van der Waals surface area contributed by atoms with E-state index < -0.39 is 0 Å². The average Bonchev–Trinajstić information content (AvgIpc) is 4.00. The molecule has 10 aromatic rings. The Morgan fingerprint density at radius 1 is 0.515 bits per heavy atom. The second kappa shape index (κ2) is 13.6. The van der Waals surface area contributed by atoms with Gasteiger partial charge in [0.05, 0.1) is 62.2 Å². The minimum atomic E-state index is -0.233. The Morgan fingerprint density at radius 3 is 1.98 bits per heavy atom. The number of hydrogen-bond acceptors (Lipinski definition) is 3. The van der Waals surface area contributed by atoms with Gasteiger partial charge in [0.25, 0.3) is 0 Å². The van der Waals surface area contributed by atoms with E-state index in [-0.39, 0.29) is 22.7 Å². The standard InChI is InChI=1S/C61H43N5/c1-60(2)49-19-9-5-15-38(49)42-30-45-40-17-7-11-22-54(40)65(57(45)32-51(42)60)56-25-24-36(34-62)27-44(56)47-28-37(35-63)29-48(53-21-13-14-26-64-53)59(47)66-55-23-12-8-18-41(55)46-31-43-39-16-6-10-20-50(39)61(3,4)52(43)33-58(46)66/h5-33,42,51H,1-4H3. The molecule has 3 aliphatic carbocycles. The molecule has 0 spiro atoms. The number of fused-ring (bicyclic) bond motifs is 12. The minimum absolute atomic E-state index is 0.0945. The third kappa shape index (κ3) is 5.12. The molecule has 0 aliphatic heterocycles. The highest BCUT2D eigenvalue weighted by molar-refractivity contribution is 6.13. The molecule has 5 heteroatoms. The molecule has 0 N–H and O–H groups in total. The van der Waals surface area contributed by atoms with E-state index in [0.29, 0.717) is 11.1 Å². The molecule has 13 rings (SSSR count). The van der Waals surface area contributed by atoms with Gasteiger partial charge in [0.2, 0.25) is 0 Å². The van der Waals surface area contributed by atoms with Crippen LogP contribution in [0.25, 0.3) is 89.7 Å². The van der Waals surface area contributed by atoms with Crippen LogP contribution in [0.3, 0.4) is 0 Å². The molecule has 3 aliphatic rings. The molecule has 66 heavy (non-hydrogen) atoms. The van der Waals surface area contributed by atoms with Gasteiger partial charge in [-0.15, -0.1) is 0 Å². The Bertz CT molecular complexity index is 3980. The van der Waals surface area contributed by atoms with E-state index in [1.165, 1.54) is 44.0 Å². The Labute approximate surface area is 383 Å². The lowest BCUT2D eigenvalue weighted by Crippen LogP contribution is -2.37. The van der Waals surface area contributed by atoms with Crippen LogP contribution in [0, 0.1) is 28.6 Å². The fourth-order valence-corrected chi connectivity index (χ4v) is 12.2. The highest BCUT2D eigenvalue weighted by atomic mass is 15.0. The van der Waals surface area contributed by atoms with Gasteiger partial charge < -0.3 is 9.13 Å². The molecule has 7 aromatic carbocycles. The molecule has 2 atom stereocenters. The number of nitrogens with zero attached hydrogens (tertiary/aromatic N) is 5. The van der Waals surface area contributed by atoms with Crippen LogP contribution < -0.4 is 10.6 Å². The smallest absolute Gasteiger partial charge is 0.0992 e. The van der Waals surface area contributed by atoms with Crippen LogP contribution in [-0.2, 0) is 10.8 Å². The summed E-state index contributed by atoms with van der Waals surface area (Å²) in [7, 11) is 0. The summed E-state index contributed by atoms with van der Waals surface area (Å²) in [6.07, 6.45) is 6.84. The zero-order valence-electron chi connectivity index (χ0n) is 37.1. The molecule has 5 nitrogen and oxygen atoms in total. The third-order valence-electron chi connectivity index (χ3n) is 15.3. The highest BCUT2D eigenvalue weighted by Crippen LogP contribution is 2.54.